The van der Waals surface area contributed by atoms with Crippen molar-refractivity contribution in [2.24, 2.45) is 0 Å². The van der Waals surface area contributed by atoms with E-state index in [1.165, 1.54) is 23.0 Å². The van der Waals surface area contributed by atoms with Crippen molar-refractivity contribution in [2.75, 3.05) is 11.5 Å². The number of hydrogen-bond acceptors (Lipinski definition) is 5. The highest BCUT2D eigenvalue weighted by molar-refractivity contribution is 7.91. The van der Waals surface area contributed by atoms with E-state index >= 15 is 0 Å². The van der Waals surface area contributed by atoms with Gasteiger partial charge >= 0.3 is 0 Å². The molecule has 2 heterocycles. The predicted molar refractivity (Wildman–Crippen MR) is 75.1 cm³/mol. The summed E-state index contributed by atoms with van der Waals surface area (Å²) in [5, 5.41) is 4.15. The van der Waals surface area contributed by atoms with Gasteiger partial charge in [0.25, 0.3) is 0 Å². The van der Waals surface area contributed by atoms with Gasteiger partial charge in [0.1, 0.15) is 11.5 Å². The smallest absolute Gasteiger partial charge is 0.153 e. The number of carbonyl (C=O) groups is 1. The molecule has 0 N–H and O–H groups in total. The summed E-state index contributed by atoms with van der Waals surface area (Å²) in [6.07, 6.45) is 3.10. The molecular weight excluding hydrogens is 297 g/mol. The van der Waals surface area contributed by atoms with Crippen LogP contribution in [-0.2, 0) is 16.4 Å². The Kier molecular flexibility index (Phi) is 4.46. The second-order valence-corrected chi connectivity index (χ2v) is 6.88. The zero-order chi connectivity index (χ0) is 15.5. The molecule has 8 heteroatoms. The van der Waals surface area contributed by atoms with Gasteiger partial charge < -0.3 is 0 Å². The summed E-state index contributed by atoms with van der Waals surface area (Å²) in [4.78, 5) is 14.9. The summed E-state index contributed by atoms with van der Waals surface area (Å²) >= 11 is 0. The number of carbonyl (C=O) groups excluding carboxylic acids is 1. The molecule has 2 aromatic heterocycles. The number of hydrogen-bond donors (Lipinski definition) is 0. The normalized spacial score (nSPS) is 11.5. The topological polar surface area (TPSA) is 81.9 Å². The van der Waals surface area contributed by atoms with Crippen LogP contribution in [0.5, 0.6) is 0 Å². The van der Waals surface area contributed by atoms with Crippen LogP contribution in [-0.4, -0.2) is 41.0 Å². The standard InChI is InChI=1S/C13H14FN3O3S/c1-2-21(19,20)6-5-17-8-10(9-18)13(16-17)12-4-3-11(14)7-15-12/h3-4,7-9H,2,5-6H2,1H3. The highest BCUT2D eigenvalue weighted by Crippen LogP contribution is 2.18. The van der Waals surface area contributed by atoms with E-state index in [0.717, 1.165) is 6.20 Å². The maximum absolute atomic E-state index is 12.9. The fourth-order valence-corrected chi connectivity index (χ4v) is 2.48. The number of aryl methyl sites for hydroxylation is 1. The number of nitrogens with zero attached hydrogens (tertiary/aromatic N) is 3. The highest BCUT2D eigenvalue weighted by atomic mass is 32.2. The van der Waals surface area contributed by atoms with E-state index < -0.39 is 15.7 Å². The molecule has 112 valence electrons. The van der Waals surface area contributed by atoms with Gasteiger partial charge in [0.05, 0.1) is 29.8 Å². The molecule has 0 aliphatic heterocycles. The summed E-state index contributed by atoms with van der Waals surface area (Å²) in [5.74, 6) is -0.485. The van der Waals surface area contributed by atoms with Crippen molar-refractivity contribution in [3.63, 3.8) is 0 Å². The van der Waals surface area contributed by atoms with Crippen LogP contribution in [0.3, 0.4) is 0 Å². The van der Waals surface area contributed by atoms with Crippen LogP contribution in [0.1, 0.15) is 17.3 Å². The van der Waals surface area contributed by atoms with Crippen molar-refractivity contribution in [2.45, 2.75) is 13.5 Å². The summed E-state index contributed by atoms with van der Waals surface area (Å²) in [6, 6.07) is 2.63. The lowest BCUT2D eigenvalue weighted by molar-refractivity contribution is 0.112. The molecule has 0 aliphatic carbocycles. The third-order valence-corrected chi connectivity index (χ3v) is 4.64. The van der Waals surface area contributed by atoms with Crippen LogP contribution in [0.2, 0.25) is 0 Å². The second-order valence-electron chi connectivity index (χ2n) is 4.41. The van der Waals surface area contributed by atoms with Gasteiger partial charge in [-0.25, -0.2) is 12.8 Å². The van der Waals surface area contributed by atoms with Crippen LogP contribution in [0.15, 0.2) is 24.5 Å². The zero-order valence-corrected chi connectivity index (χ0v) is 12.2. The Morgan fingerprint density at radius 1 is 1.38 bits per heavy atom. The van der Waals surface area contributed by atoms with E-state index in [1.54, 1.807) is 6.92 Å². The largest absolute Gasteiger partial charge is 0.298 e. The Morgan fingerprint density at radius 2 is 2.14 bits per heavy atom. The molecule has 0 atom stereocenters. The van der Waals surface area contributed by atoms with E-state index in [1.807, 2.05) is 0 Å². The van der Waals surface area contributed by atoms with Crippen molar-refractivity contribution in [1.29, 1.82) is 0 Å². The number of aromatic nitrogens is 3. The summed E-state index contributed by atoms with van der Waals surface area (Å²) in [5.41, 5.74) is 0.942. The molecule has 0 spiro atoms. The van der Waals surface area contributed by atoms with Crippen LogP contribution in [0.4, 0.5) is 4.39 Å². The Balaban J connectivity index is 2.27. The van der Waals surface area contributed by atoms with Crippen molar-refractivity contribution >= 4 is 16.1 Å². The van der Waals surface area contributed by atoms with Gasteiger partial charge in [-0.2, -0.15) is 5.10 Å². The van der Waals surface area contributed by atoms with Crippen molar-refractivity contribution in [3.05, 3.63) is 35.9 Å². The van der Waals surface area contributed by atoms with Crippen LogP contribution in [0.25, 0.3) is 11.4 Å². The lowest BCUT2D eigenvalue weighted by Gasteiger charge is -2.01. The monoisotopic (exact) mass is 311 g/mol. The minimum absolute atomic E-state index is 0.0558. The quantitative estimate of drug-likeness (QED) is 0.752. The van der Waals surface area contributed by atoms with Crippen LogP contribution in [0, 0.1) is 5.82 Å². The van der Waals surface area contributed by atoms with Gasteiger partial charge in [0, 0.05) is 11.9 Å². The highest BCUT2D eigenvalue weighted by Gasteiger charge is 2.14. The number of halogens is 1. The Hall–Kier alpha value is -2.09. The maximum atomic E-state index is 12.9. The average molecular weight is 311 g/mol. The number of sulfone groups is 1. The first kappa shape index (κ1) is 15.3. The zero-order valence-electron chi connectivity index (χ0n) is 11.4. The molecule has 0 saturated heterocycles. The Labute approximate surface area is 121 Å². The molecule has 0 aliphatic rings. The third kappa shape index (κ3) is 3.72. The number of pyridine rings is 1. The molecular formula is C13H14FN3O3S. The molecule has 2 aromatic rings. The van der Waals surface area contributed by atoms with Gasteiger partial charge in [-0.15, -0.1) is 0 Å². The van der Waals surface area contributed by atoms with Crippen LogP contribution < -0.4 is 0 Å². The fourth-order valence-electron chi connectivity index (χ4n) is 1.73. The molecule has 21 heavy (non-hydrogen) atoms. The summed E-state index contributed by atoms with van der Waals surface area (Å²) in [7, 11) is -3.11. The van der Waals surface area contributed by atoms with Gasteiger partial charge in [0.2, 0.25) is 0 Å². The lowest BCUT2D eigenvalue weighted by atomic mass is 10.2. The Bertz CT molecular complexity index is 739. The van der Waals surface area contributed by atoms with E-state index in [2.05, 4.69) is 10.1 Å². The van der Waals surface area contributed by atoms with Gasteiger partial charge in [-0.05, 0) is 12.1 Å². The van der Waals surface area contributed by atoms with E-state index in [0.29, 0.717) is 17.7 Å². The molecule has 2 rings (SSSR count). The number of rotatable bonds is 6. The minimum Gasteiger partial charge on any atom is -0.298 e. The molecule has 0 amide bonds. The van der Waals surface area contributed by atoms with Gasteiger partial charge in [0.15, 0.2) is 16.1 Å². The molecule has 0 saturated carbocycles. The first-order chi connectivity index (χ1) is 9.95. The van der Waals surface area contributed by atoms with E-state index in [-0.39, 0.29) is 23.6 Å². The third-order valence-electron chi connectivity index (χ3n) is 2.96. The lowest BCUT2D eigenvalue weighted by Crippen LogP contribution is -2.14. The molecule has 0 bridgehead atoms. The first-order valence-corrected chi connectivity index (χ1v) is 8.12. The minimum atomic E-state index is -3.11. The SMILES string of the molecule is CCS(=O)(=O)CCn1cc(C=O)c(-c2ccc(F)cn2)n1. The van der Waals surface area contributed by atoms with Crippen molar-refractivity contribution in [1.82, 2.24) is 14.8 Å². The van der Waals surface area contributed by atoms with Crippen molar-refractivity contribution < 1.29 is 17.6 Å². The van der Waals surface area contributed by atoms with Crippen LogP contribution >= 0.6 is 0 Å². The molecule has 0 radical (unpaired) electrons. The van der Waals surface area contributed by atoms with Gasteiger partial charge in [-0.1, -0.05) is 6.92 Å². The summed E-state index contributed by atoms with van der Waals surface area (Å²) < 4.78 is 37.2. The second kappa shape index (κ2) is 6.13. The fraction of sp³-hybridized carbons (Fsp3) is 0.308. The van der Waals surface area contributed by atoms with Crippen molar-refractivity contribution in [3.8, 4) is 11.4 Å². The Morgan fingerprint density at radius 3 is 2.71 bits per heavy atom. The molecule has 0 unspecified atom stereocenters. The molecule has 0 aromatic carbocycles. The number of aldehydes is 1. The predicted octanol–water partition coefficient (Wildman–Crippen LogP) is 1.33. The van der Waals surface area contributed by atoms with E-state index in [4.69, 9.17) is 0 Å². The molecule has 0 fully saturated rings. The maximum Gasteiger partial charge on any atom is 0.153 e. The average Bonchev–Trinajstić information content (AvgIpc) is 2.89. The first-order valence-electron chi connectivity index (χ1n) is 6.30. The summed E-state index contributed by atoms with van der Waals surface area (Å²) in [6.45, 7) is 1.72. The van der Waals surface area contributed by atoms with E-state index in [9.17, 15) is 17.6 Å². The molecule has 6 nitrogen and oxygen atoms in total. The van der Waals surface area contributed by atoms with Gasteiger partial charge in [-0.3, -0.25) is 14.5 Å².